The average molecular weight is 177 g/mol. The zero-order chi connectivity index (χ0) is 4.50. The van der Waals surface area contributed by atoms with Crippen LogP contribution in [0.15, 0.2) is 0 Å². The maximum absolute atomic E-state index is 9.51. The summed E-state index contributed by atoms with van der Waals surface area (Å²) in [4.78, 5) is 0. The van der Waals surface area contributed by atoms with Gasteiger partial charge >= 0.3 is 0 Å². The minimum atomic E-state index is -2.94. The Hall–Kier alpha value is 0.860. The summed E-state index contributed by atoms with van der Waals surface area (Å²) in [6.45, 7) is 0. The standard InChI is InChI=1S/BrH2O2PS/c1-5(2,3)4/h4H2. The minimum Gasteiger partial charge on any atom is -0.213 e. The molecule has 0 saturated carbocycles. The molecule has 0 radical (unpaired) electrons. The van der Waals surface area contributed by atoms with Crippen molar-refractivity contribution in [2.45, 2.75) is 0 Å². The molecule has 0 aliphatic rings. The third-order valence-corrected chi connectivity index (χ3v) is 0. The van der Waals surface area contributed by atoms with E-state index < -0.39 is 7.89 Å². The van der Waals surface area contributed by atoms with Crippen LogP contribution in [0.3, 0.4) is 0 Å². The molecule has 1 atom stereocenters. The van der Waals surface area contributed by atoms with Crippen LogP contribution >= 0.6 is 23.3 Å². The molecule has 0 amide bonds. The number of rotatable bonds is 0. The summed E-state index contributed by atoms with van der Waals surface area (Å²) in [5.74, 6) is 0. The molecule has 5 heavy (non-hydrogen) atoms. The van der Waals surface area contributed by atoms with E-state index in [1.807, 2.05) is 0 Å². The highest BCUT2D eigenvalue weighted by Gasteiger charge is 1.83. The van der Waals surface area contributed by atoms with Gasteiger partial charge in [0.15, 0.2) is 0 Å². The molecular formula is H2BrO2PS. The first kappa shape index (κ1) is 5.86. The molecule has 1 unspecified atom stereocenters. The van der Waals surface area contributed by atoms with Gasteiger partial charge in [-0.1, -0.05) is 0 Å². The molecule has 0 aromatic heterocycles. The van der Waals surface area contributed by atoms with E-state index in [9.17, 15) is 8.42 Å². The Morgan fingerprint density at radius 1 is 1.60 bits per heavy atom. The monoisotopic (exact) mass is 176 g/mol. The van der Waals surface area contributed by atoms with Gasteiger partial charge in [-0.2, -0.15) is 0 Å². The maximum Gasteiger partial charge on any atom is 0.219 e. The lowest BCUT2D eigenvalue weighted by Gasteiger charge is -1.66. The zero-order valence-corrected chi connectivity index (χ0v) is 5.74. The number of halogens is 1. The van der Waals surface area contributed by atoms with Crippen molar-refractivity contribution in [3.05, 3.63) is 0 Å². The van der Waals surface area contributed by atoms with Gasteiger partial charge in [-0.15, -0.1) is 0 Å². The van der Waals surface area contributed by atoms with Crippen molar-refractivity contribution in [3.63, 3.8) is 0 Å². The van der Waals surface area contributed by atoms with E-state index in [4.69, 9.17) is 0 Å². The third-order valence-electron chi connectivity index (χ3n) is 0. The van der Waals surface area contributed by atoms with Crippen molar-refractivity contribution in [1.82, 2.24) is 0 Å². The predicted molar refractivity (Wildman–Crippen MR) is 27.6 cm³/mol. The van der Waals surface area contributed by atoms with Crippen LogP contribution in [0.4, 0.5) is 0 Å². The van der Waals surface area contributed by atoms with Gasteiger partial charge in [-0.25, -0.2) is 8.42 Å². The highest BCUT2D eigenvalue weighted by molar-refractivity contribution is 9.53. The summed E-state index contributed by atoms with van der Waals surface area (Å²) in [7, 11) is -1.33. The largest absolute Gasteiger partial charge is 0.219 e. The molecule has 0 bridgehead atoms. The smallest absolute Gasteiger partial charge is 0.213 e. The molecule has 0 N–H and O–H groups in total. The summed E-state index contributed by atoms with van der Waals surface area (Å²) in [6.07, 6.45) is 0. The molecule has 0 aliphatic heterocycles. The lowest BCUT2D eigenvalue weighted by Crippen LogP contribution is -1.60. The Morgan fingerprint density at radius 2 is 1.60 bits per heavy atom. The van der Waals surface area contributed by atoms with Crippen molar-refractivity contribution in [1.29, 1.82) is 0 Å². The summed E-state index contributed by atoms with van der Waals surface area (Å²) in [5, 5.41) is 0. The van der Waals surface area contributed by atoms with Crippen LogP contribution in [0.5, 0.6) is 0 Å². The predicted octanol–water partition coefficient (Wildman–Crippen LogP) is 0.501. The van der Waals surface area contributed by atoms with Gasteiger partial charge in [0.25, 0.3) is 0 Å². The second-order valence-corrected chi connectivity index (χ2v) is 8.07. The van der Waals surface area contributed by atoms with E-state index in [-0.39, 0.29) is 0 Å². The van der Waals surface area contributed by atoms with Gasteiger partial charge in [-0.3, -0.25) is 0 Å². The molecule has 0 aromatic carbocycles. The van der Waals surface area contributed by atoms with Gasteiger partial charge in [0.2, 0.25) is 7.89 Å². The molecule has 32 valence electrons. The van der Waals surface area contributed by atoms with Gasteiger partial charge in [0.05, 0.1) is 14.8 Å². The summed E-state index contributed by atoms with van der Waals surface area (Å²) in [5.41, 5.74) is 0. The first-order valence-electron chi connectivity index (χ1n) is 0.723. The van der Waals surface area contributed by atoms with E-state index in [1.54, 1.807) is 8.44 Å². The Kier molecular flexibility index (Phi) is 1.80. The van der Waals surface area contributed by atoms with Crippen molar-refractivity contribution in [2.24, 2.45) is 0 Å². The van der Waals surface area contributed by atoms with E-state index in [0.717, 1.165) is 0 Å². The van der Waals surface area contributed by atoms with Gasteiger partial charge in [0.1, 0.15) is 0 Å². The molecular weight excluding hydrogens is 175 g/mol. The molecule has 2 nitrogen and oxygen atoms in total. The molecule has 0 saturated heterocycles. The van der Waals surface area contributed by atoms with E-state index in [2.05, 4.69) is 14.8 Å². The van der Waals surface area contributed by atoms with Gasteiger partial charge in [-0.05, 0) is 0 Å². The Labute approximate surface area is 40.0 Å². The lowest BCUT2D eigenvalue weighted by molar-refractivity contribution is 0.624. The van der Waals surface area contributed by atoms with Crippen molar-refractivity contribution < 1.29 is 8.42 Å². The molecule has 5 heteroatoms. The number of hydrogen-bond acceptors (Lipinski definition) is 2. The SMILES string of the molecule is O=S(=O)(P)Br. The first-order chi connectivity index (χ1) is 2.00. The minimum absolute atomic E-state index is 1.60. The van der Waals surface area contributed by atoms with E-state index >= 15 is 0 Å². The Morgan fingerprint density at radius 3 is 1.60 bits per heavy atom. The third kappa shape index (κ3) is 53.7. The summed E-state index contributed by atoms with van der Waals surface area (Å²) >= 11 is 2.31. The topological polar surface area (TPSA) is 34.1 Å². The quantitative estimate of drug-likeness (QED) is 0.398. The van der Waals surface area contributed by atoms with E-state index in [0.29, 0.717) is 0 Å². The molecule has 0 rings (SSSR count). The highest BCUT2D eigenvalue weighted by atomic mass is 79.9. The van der Waals surface area contributed by atoms with Crippen LogP contribution in [0, 0.1) is 0 Å². The molecule has 0 fully saturated rings. The van der Waals surface area contributed by atoms with Crippen molar-refractivity contribution in [3.8, 4) is 0 Å². The fourth-order valence-electron chi connectivity index (χ4n) is 0. The molecule has 0 aliphatic carbocycles. The zero-order valence-electron chi connectivity index (χ0n) is 2.18. The summed E-state index contributed by atoms with van der Waals surface area (Å²) < 4.78 is 19.0. The Balaban J connectivity index is 4.06. The Bertz CT molecular complexity index is 92.8. The normalized spacial score (nSPS) is 11.6. The fraction of sp³-hybridized carbons (Fsp3) is 0. The van der Waals surface area contributed by atoms with Crippen LogP contribution in [-0.2, 0) is 7.89 Å². The van der Waals surface area contributed by atoms with Crippen LogP contribution in [0.25, 0.3) is 0 Å². The molecule has 0 aromatic rings. The highest BCUT2D eigenvalue weighted by Crippen LogP contribution is 2.07. The fourth-order valence-corrected chi connectivity index (χ4v) is 0. The lowest BCUT2D eigenvalue weighted by atomic mass is 15.9. The summed E-state index contributed by atoms with van der Waals surface area (Å²) in [6, 6.07) is 0. The maximum atomic E-state index is 9.51. The first-order valence-corrected chi connectivity index (χ1v) is 5.53. The van der Waals surface area contributed by atoms with Crippen LogP contribution in [-0.4, -0.2) is 8.42 Å². The van der Waals surface area contributed by atoms with Crippen molar-refractivity contribution >= 4 is 31.1 Å². The second kappa shape index (κ2) is 1.54. The molecule has 0 heterocycles. The van der Waals surface area contributed by atoms with Gasteiger partial charge in [0, 0.05) is 8.44 Å². The van der Waals surface area contributed by atoms with Crippen LogP contribution in [0.2, 0.25) is 0 Å². The van der Waals surface area contributed by atoms with E-state index in [1.165, 1.54) is 0 Å². The van der Waals surface area contributed by atoms with Crippen LogP contribution in [0.1, 0.15) is 0 Å². The van der Waals surface area contributed by atoms with Crippen molar-refractivity contribution in [2.75, 3.05) is 0 Å². The molecule has 0 spiro atoms. The second-order valence-electron chi connectivity index (χ2n) is 0.476. The van der Waals surface area contributed by atoms with Crippen LogP contribution < -0.4 is 0 Å². The van der Waals surface area contributed by atoms with Gasteiger partial charge < -0.3 is 0 Å². The number of hydrogen-bond donors (Lipinski definition) is 0. The average Bonchev–Trinajstić information content (AvgIpc) is 0.722.